The summed E-state index contributed by atoms with van der Waals surface area (Å²) in [6.07, 6.45) is 4.83. The van der Waals surface area contributed by atoms with Gasteiger partial charge in [0.05, 0.1) is 6.61 Å². The molecule has 1 saturated carbocycles. The number of amides is 1. The highest BCUT2D eigenvalue weighted by atomic mass is 35.5. The highest BCUT2D eigenvalue weighted by Crippen LogP contribution is 2.29. The fourth-order valence-corrected chi connectivity index (χ4v) is 2.97. The Balaban J connectivity index is 1.70. The topological polar surface area (TPSA) is 64.3 Å². The highest BCUT2D eigenvalue weighted by molar-refractivity contribution is 6.30. The molecule has 1 aliphatic carbocycles. The number of carbonyl (C=O) groups is 1. The minimum atomic E-state index is -0.141. The standard InChI is InChI=1S/C16H23ClN2O2/c17-14-5-7-15(8-6-14)19-16(20)11-21-10-13-4-2-1-3-12(13)9-18/h5-8,12-13H,1-4,9-11,18H2,(H,19,20). The van der Waals surface area contributed by atoms with Crippen LogP contribution in [0.3, 0.4) is 0 Å². The summed E-state index contributed by atoms with van der Waals surface area (Å²) in [7, 11) is 0. The lowest BCUT2D eigenvalue weighted by molar-refractivity contribution is -0.121. The fourth-order valence-electron chi connectivity index (χ4n) is 2.85. The molecule has 0 aliphatic heterocycles. The van der Waals surface area contributed by atoms with E-state index in [1.807, 2.05) is 0 Å². The Morgan fingerprint density at radius 2 is 1.90 bits per heavy atom. The lowest BCUT2D eigenvalue weighted by Gasteiger charge is -2.30. The molecule has 4 nitrogen and oxygen atoms in total. The molecule has 1 aromatic carbocycles. The SMILES string of the molecule is NCC1CCCCC1COCC(=O)Nc1ccc(Cl)cc1. The Kier molecular flexibility index (Phi) is 6.49. The van der Waals surface area contributed by atoms with Crippen molar-refractivity contribution in [3.63, 3.8) is 0 Å². The van der Waals surface area contributed by atoms with Crippen molar-refractivity contribution in [2.45, 2.75) is 25.7 Å². The van der Waals surface area contributed by atoms with Gasteiger partial charge < -0.3 is 15.8 Å². The summed E-state index contributed by atoms with van der Waals surface area (Å²) in [5.74, 6) is 0.891. The number of benzene rings is 1. The molecular formula is C16H23ClN2O2. The average molecular weight is 311 g/mol. The molecule has 0 saturated heterocycles. The maximum Gasteiger partial charge on any atom is 0.250 e. The van der Waals surface area contributed by atoms with Crippen LogP contribution >= 0.6 is 11.6 Å². The summed E-state index contributed by atoms with van der Waals surface area (Å²) in [6, 6.07) is 7.02. The first-order valence-electron chi connectivity index (χ1n) is 7.52. The third-order valence-corrected chi connectivity index (χ3v) is 4.31. The van der Waals surface area contributed by atoms with E-state index in [1.165, 1.54) is 19.3 Å². The van der Waals surface area contributed by atoms with Crippen molar-refractivity contribution in [2.75, 3.05) is 25.1 Å². The van der Waals surface area contributed by atoms with Crippen LogP contribution in [0, 0.1) is 11.8 Å². The molecule has 0 radical (unpaired) electrons. The molecule has 2 unspecified atom stereocenters. The van der Waals surface area contributed by atoms with Crippen LogP contribution in [0.1, 0.15) is 25.7 Å². The van der Waals surface area contributed by atoms with Gasteiger partial charge in [0.15, 0.2) is 0 Å². The maximum absolute atomic E-state index is 11.8. The molecule has 1 fully saturated rings. The van der Waals surface area contributed by atoms with Crippen LogP contribution in [-0.2, 0) is 9.53 Å². The Labute approximate surface area is 131 Å². The third kappa shape index (κ3) is 5.30. The van der Waals surface area contributed by atoms with Crippen LogP contribution in [-0.4, -0.2) is 25.7 Å². The number of nitrogens with one attached hydrogen (secondary N) is 1. The van der Waals surface area contributed by atoms with Crippen molar-refractivity contribution in [3.8, 4) is 0 Å². The van der Waals surface area contributed by atoms with E-state index in [-0.39, 0.29) is 12.5 Å². The molecule has 0 heterocycles. The molecule has 1 aromatic rings. The van der Waals surface area contributed by atoms with Crippen LogP contribution in [0.2, 0.25) is 5.02 Å². The minimum absolute atomic E-state index is 0.0798. The summed E-state index contributed by atoms with van der Waals surface area (Å²) >= 11 is 5.80. The lowest BCUT2D eigenvalue weighted by atomic mass is 9.80. The van der Waals surface area contributed by atoms with Crippen molar-refractivity contribution < 1.29 is 9.53 Å². The molecule has 5 heteroatoms. The summed E-state index contributed by atoms with van der Waals surface area (Å²) in [5, 5.41) is 3.43. The number of carbonyl (C=O) groups excluding carboxylic acids is 1. The third-order valence-electron chi connectivity index (χ3n) is 4.06. The lowest BCUT2D eigenvalue weighted by Crippen LogP contribution is -2.31. The second-order valence-electron chi connectivity index (χ2n) is 5.61. The van der Waals surface area contributed by atoms with Gasteiger partial charge in [0.2, 0.25) is 5.91 Å². The number of anilines is 1. The zero-order valence-corrected chi connectivity index (χ0v) is 12.9. The predicted molar refractivity (Wildman–Crippen MR) is 85.4 cm³/mol. The molecule has 0 aromatic heterocycles. The first-order chi connectivity index (χ1) is 10.2. The number of halogens is 1. The quantitative estimate of drug-likeness (QED) is 0.848. The smallest absolute Gasteiger partial charge is 0.250 e. The minimum Gasteiger partial charge on any atom is -0.371 e. The molecule has 2 atom stereocenters. The van der Waals surface area contributed by atoms with E-state index in [0.29, 0.717) is 30.0 Å². The van der Waals surface area contributed by atoms with Gasteiger partial charge in [-0.3, -0.25) is 4.79 Å². The molecule has 1 aliphatic rings. The van der Waals surface area contributed by atoms with Crippen LogP contribution in [0.4, 0.5) is 5.69 Å². The van der Waals surface area contributed by atoms with Gasteiger partial charge in [-0.05, 0) is 55.5 Å². The average Bonchev–Trinajstić information content (AvgIpc) is 2.50. The molecule has 1 amide bonds. The van der Waals surface area contributed by atoms with Crippen LogP contribution in [0.25, 0.3) is 0 Å². The zero-order chi connectivity index (χ0) is 15.1. The Hall–Kier alpha value is -1.10. The van der Waals surface area contributed by atoms with Gasteiger partial charge in [-0.25, -0.2) is 0 Å². The number of ether oxygens (including phenoxy) is 1. The van der Waals surface area contributed by atoms with Crippen molar-refractivity contribution in [1.29, 1.82) is 0 Å². The summed E-state index contributed by atoms with van der Waals surface area (Å²) < 4.78 is 5.57. The van der Waals surface area contributed by atoms with E-state index in [1.54, 1.807) is 24.3 Å². The van der Waals surface area contributed by atoms with Gasteiger partial charge in [0.25, 0.3) is 0 Å². The Morgan fingerprint density at radius 3 is 2.57 bits per heavy atom. The van der Waals surface area contributed by atoms with E-state index in [9.17, 15) is 4.79 Å². The molecule has 116 valence electrons. The van der Waals surface area contributed by atoms with Gasteiger partial charge in [0, 0.05) is 10.7 Å². The number of nitrogens with two attached hydrogens (primary N) is 1. The first-order valence-corrected chi connectivity index (χ1v) is 7.90. The van der Waals surface area contributed by atoms with E-state index < -0.39 is 0 Å². The summed E-state index contributed by atoms with van der Waals surface area (Å²) in [6.45, 7) is 1.41. The van der Waals surface area contributed by atoms with Crippen LogP contribution in [0.5, 0.6) is 0 Å². The number of hydrogen-bond acceptors (Lipinski definition) is 3. The number of hydrogen-bond donors (Lipinski definition) is 2. The van der Waals surface area contributed by atoms with E-state index in [0.717, 1.165) is 12.1 Å². The van der Waals surface area contributed by atoms with Gasteiger partial charge in [-0.15, -0.1) is 0 Å². The van der Waals surface area contributed by atoms with E-state index >= 15 is 0 Å². The van der Waals surface area contributed by atoms with Gasteiger partial charge in [-0.1, -0.05) is 24.4 Å². The van der Waals surface area contributed by atoms with Crippen LogP contribution < -0.4 is 11.1 Å². The largest absolute Gasteiger partial charge is 0.371 e. The van der Waals surface area contributed by atoms with E-state index in [4.69, 9.17) is 22.1 Å². The Bertz CT molecular complexity index is 450. The van der Waals surface area contributed by atoms with Gasteiger partial charge in [-0.2, -0.15) is 0 Å². The van der Waals surface area contributed by atoms with Gasteiger partial charge in [0.1, 0.15) is 6.61 Å². The zero-order valence-electron chi connectivity index (χ0n) is 12.2. The molecule has 21 heavy (non-hydrogen) atoms. The van der Waals surface area contributed by atoms with Crippen molar-refractivity contribution in [1.82, 2.24) is 0 Å². The van der Waals surface area contributed by atoms with Crippen molar-refractivity contribution in [2.24, 2.45) is 17.6 Å². The van der Waals surface area contributed by atoms with Crippen molar-refractivity contribution >= 4 is 23.2 Å². The maximum atomic E-state index is 11.8. The molecular weight excluding hydrogens is 288 g/mol. The van der Waals surface area contributed by atoms with Crippen LogP contribution in [0.15, 0.2) is 24.3 Å². The molecule has 0 spiro atoms. The second-order valence-corrected chi connectivity index (χ2v) is 6.05. The molecule has 2 rings (SSSR count). The predicted octanol–water partition coefficient (Wildman–Crippen LogP) is 3.06. The van der Waals surface area contributed by atoms with Gasteiger partial charge >= 0.3 is 0 Å². The highest BCUT2D eigenvalue weighted by Gasteiger charge is 2.24. The monoisotopic (exact) mass is 310 g/mol. The molecule has 0 bridgehead atoms. The number of rotatable bonds is 6. The van der Waals surface area contributed by atoms with Crippen molar-refractivity contribution in [3.05, 3.63) is 29.3 Å². The second kappa shape index (κ2) is 8.37. The normalized spacial score (nSPS) is 22.0. The first kappa shape index (κ1) is 16.3. The Morgan fingerprint density at radius 1 is 1.24 bits per heavy atom. The summed E-state index contributed by atoms with van der Waals surface area (Å²) in [5.41, 5.74) is 6.52. The van der Waals surface area contributed by atoms with E-state index in [2.05, 4.69) is 5.32 Å². The molecule has 3 N–H and O–H groups in total. The fraction of sp³-hybridized carbons (Fsp3) is 0.562. The summed E-state index contributed by atoms with van der Waals surface area (Å²) in [4.78, 5) is 11.8.